The number of allylic oxidation sites excluding steroid dienone is 1. The van der Waals surface area contributed by atoms with Gasteiger partial charge < -0.3 is 10.2 Å². The van der Waals surface area contributed by atoms with Crippen molar-refractivity contribution in [2.45, 2.75) is 25.2 Å². The van der Waals surface area contributed by atoms with Gasteiger partial charge in [0.1, 0.15) is 0 Å². The molecule has 0 aromatic heterocycles. The second-order valence-corrected chi connectivity index (χ2v) is 11.0. The van der Waals surface area contributed by atoms with Crippen molar-refractivity contribution in [1.29, 1.82) is 0 Å². The molecule has 44 heavy (non-hydrogen) atoms. The summed E-state index contributed by atoms with van der Waals surface area (Å²) in [7, 11) is 0. The maximum Gasteiger partial charge on any atom is 0.275 e. The third-order valence-corrected chi connectivity index (χ3v) is 8.17. The first kappa shape index (κ1) is 31.1. The van der Waals surface area contributed by atoms with Crippen molar-refractivity contribution in [3.05, 3.63) is 126 Å². The molecule has 0 unspecified atom stereocenters. The highest BCUT2D eigenvalue weighted by Gasteiger charge is 2.41. The highest BCUT2D eigenvalue weighted by Crippen LogP contribution is 2.43. The van der Waals surface area contributed by atoms with E-state index in [1.54, 1.807) is 60.7 Å². The molecular formula is C36H34ClF2N3O2. The van der Waals surface area contributed by atoms with Crippen LogP contribution < -0.4 is 10.2 Å². The molecule has 226 valence electrons. The summed E-state index contributed by atoms with van der Waals surface area (Å²) >= 11 is 0. The summed E-state index contributed by atoms with van der Waals surface area (Å²) in [6.45, 7) is 2.18. The molecule has 1 saturated heterocycles. The molecule has 2 amide bonds. The van der Waals surface area contributed by atoms with Crippen LogP contribution in [0.3, 0.4) is 0 Å². The number of likely N-dealkylation sites (tertiary alicyclic amines) is 1. The second kappa shape index (κ2) is 13.5. The quantitative estimate of drug-likeness (QED) is 0.239. The van der Waals surface area contributed by atoms with Crippen LogP contribution in [0.25, 0.3) is 16.7 Å². The number of carbonyl (C=O) groups is 2. The average molecular weight is 614 g/mol. The summed E-state index contributed by atoms with van der Waals surface area (Å²) in [5, 5.41) is 2.92. The van der Waals surface area contributed by atoms with Gasteiger partial charge in [0.2, 0.25) is 0 Å². The van der Waals surface area contributed by atoms with E-state index in [4.69, 9.17) is 0 Å². The lowest BCUT2D eigenvalue weighted by Gasteiger charge is -2.23. The standard InChI is InChI=1S/C36H33F2N3O2.ClH/c37-36(38)21-25-41(33-15-7-6-14-31(33)32(36)20-24-40-22-8-9-23-40)35(43)27-16-18-28(19-17-27)39-34(42)30-13-5-4-12-29(30)26-10-2-1-3-11-26;/h1-7,10-20H,8-9,21-25H2,(H,39,42);1H. The summed E-state index contributed by atoms with van der Waals surface area (Å²) in [6, 6.07) is 30.6. The molecule has 0 atom stereocenters. The molecule has 5 nitrogen and oxygen atoms in total. The minimum absolute atomic E-state index is 0. The Hall–Kier alpha value is -4.33. The molecule has 1 fully saturated rings. The Morgan fingerprint density at radius 2 is 1.41 bits per heavy atom. The van der Waals surface area contributed by atoms with Crippen molar-refractivity contribution in [3.8, 4) is 11.1 Å². The molecule has 2 heterocycles. The summed E-state index contributed by atoms with van der Waals surface area (Å²) < 4.78 is 31.0. The van der Waals surface area contributed by atoms with E-state index in [0.717, 1.165) is 37.1 Å². The lowest BCUT2D eigenvalue weighted by atomic mass is 9.97. The molecular weight excluding hydrogens is 580 g/mol. The van der Waals surface area contributed by atoms with Gasteiger partial charge in [-0.2, -0.15) is 0 Å². The minimum Gasteiger partial charge on any atom is -0.322 e. The topological polar surface area (TPSA) is 52.7 Å². The van der Waals surface area contributed by atoms with E-state index in [0.29, 0.717) is 34.6 Å². The van der Waals surface area contributed by atoms with Gasteiger partial charge in [-0.05, 0) is 73.5 Å². The number of nitrogens with one attached hydrogen (secondary N) is 1. The SMILES string of the molecule is Cl.O=C(Nc1ccc(C(=O)N2CCC(F)(F)C(=CCN3CCCC3)c3ccccc32)cc1)c1ccccc1-c1ccccc1. The number of hydrogen-bond acceptors (Lipinski definition) is 3. The Balaban J connectivity index is 0.00000384. The van der Waals surface area contributed by atoms with E-state index < -0.39 is 12.3 Å². The second-order valence-electron chi connectivity index (χ2n) is 11.0. The molecule has 0 saturated carbocycles. The molecule has 0 radical (unpaired) electrons. The van der Waals surface area contributed by atoms with Gasteiger partial charge in [-0.3, -0.25) is 14.5 Å². The smallest absolute Gasteiger partial charge is 0.275 e. The fraction of sp³-hybridized carbons (Fsp3) is 0.222. The molecule has 0 spiro atoms. The van der Waals surface area contributed by atoms with Gasteiger partial charge in [-0.15, -0.1) is 12.4 Å². The molecule has 6 rings (SSSR count). The predicted octanol–water partition coefficient (Wildman–Crippen LogP) is 8.19. The Kier molecular flexibility index (Phi) is 9.57. The number of halogens is 3. The Morgan fingerprint density at radius 3 is 2.14 bits per heavy atom. The normalized spacial score (nSPS) is 17.0. The number of nitrogens with zero attached hydrogens (tertiary/aromatic N) is 2. The van der Waals surface area contributed by atoms with Crippen molar-refractivity contribution < 1.29 is 18.4 Å². The van der Waals surface area contributed by atoms with Gasteiger partial charge in [0.25, 0.3) is 17.7 Å². The van der Waals surface area contributed by atoms with Crippen LogP contribution in [0.1, 0.15) is 45.5 Å². The lowest BCUT2D eigenvalue weighted by Crippen LogP contribution is -2.33. The number of carbonyl (C=O) groups excluding carboxylic acids is 2. The van der Waals surface area contributed by atoms with Gasteiger partial charge in [-0.25, -0.2) is 8.78 Å². The number of amides is 2. The molecule has 0 aliphatic carbocycles. The largest absolute Gasteiger partial charge is 0.322 e. The van der Waals surface area contributed by atoms with Crippen LogP contribution in [0.15, 0.2) is 109 Å². The Bertz CT molecular complexity index is 1650. The van der Waals surface area contributed by atoms with E-state index in [1.165, 1.54) is 4.90 Å². The van der Waals surface area contributed by atoms with Crippen LogP contribution in [0.5, 0.6) is 0 Å². The summed E-state index contributed by atoms with van der Waals surface area (Å²) in [6.07, 6.45) is 3.35. The zero-order valence-corrected chi connectivity index (χ0v) is 25.0. The van der Waals surface area contributed by atoms with Crippen molar-refractivity contribution in [2.24, 2.45) is 0 Å². The third-order valence-electron chi connectivity index (χ3n) is 8.17. The molecule has 2 aliphatic heterocycles. The van der Waals surface area contributed by atoms with Crippen LogP contribution in [-0.4, -0.2) is 48.8 Å². The molecule has 8 heteroatoms. The third kappa shape index (κ3) is 6.59. The van der Waals surface area contributed by atoms with Gasteiger partial charge >= 0.3 is 0 Å². The van der Waals surface area contributed by atoms with Crippen molar-refractivity contribution in [2.75, 3.05) is 36.4 Å². The number of benzene rings is 4. The van der Waals surface area contributed by atoms with Crippen LogP contribution in [0.4, 0.5) is 20.2 Å². The van der Waals surface area contributed by atoms with E-state index >= 15 is 8.78 Å². The number of fused-ring (bicyclic) bond motifs is 1. The molecule has 4 aromatic carbocycles. The van der Waals surface area contributed by atoms with E-state index in [-0.39, 0.29) is 36.3 Å². The summed E-state index contributed by atoms with van der Waals surface area (Å²) in [5.74, 6) is -3.69. The first-order valence-electron chi connectivity index (χ1n) is 14.7. The van der Waals surface area contributed by atoms with Gasteiger partial charge in [-0.1, -0.05) is 72.8 Å². The number of rotatable bonds is 6. The maximum absolute atomic E-state index is 15.5. The van der Waals surface area contributed by atoms with Crippen molar-refractivity contribution >= 4 is 41.2 Å². The van der Waals surface area contributed by atoms with Gasteiger partial charge in [0.05, 0.1) is 5.69 Å². The molecule has 2 aliphatic rings. The van der Waals surface area contributed by atoms with Gasteiger partial charge in [0.15, 0.2) is 0 Å². The molecule has 4 aromatic rings. The number of anilines is 2. The maximum atomic E-state index is 15.5. The average Bonchev–Trinajstić information content (AvgIpc) is 3.52. The van der Waals surface area contributed by atoms with Crippen molar-refractivity contribution in [1.82, 2.24) is 4.90 Å². The highest BCUT2D eigenvalue weighted by atomic mass is 35.5. The Labute approximate surface area is 262 Å². The molecule has 0 bridgehead atoms. The van der Waals surface area contributed by atoms with E-state index in [2.05, 4.69) is 10.2 Å². The zero-order valence-electron chi connectivity index (χ0n) is 24.2. The first-order chi connectivity index (χ1) is 20.9. The first-order valence-corrected chi connectivity index (χ1v) is 14.7. The summed E-state index contributed by atoms with van der Waals surface area (Å²) in [5.41, 5.74) is 4.02. The summed E-state index contributed by atoms with van der Waals surface area (Å²) in [4.78, 5) is 30.6. The van der Waals surface area contributed by atoms with Gasteiger partial charge in [0, 0.05) is 47.5 Å². The van der Waals surface area contributed by atoms with E-state index in [9.17, 15) is 9.59 Å². The fourth-order valence-electron chi connectivity index (χ4n) is 5.90. The van der Waals surface area contributed by atoms with Crippen molar-refractivity contribution in [3.63, 3.8) is 0 Å². The minimum atomic E-state index is -3.06. The number of alkyl halides is 2. The fourth-order valence-corrected chi connectivity index (χ4v) is 5.90. The molecule has 1 N–H and O–H groups in total. The zero-order chi connectivity index (χ0) is 29.8. The number of para-hydroxylation sites is 1. The van der Waals surface area contributed by atoms with Crippen LogP contribution >= 0.6 is 12.4 Å². The Morgan fingerprint density at radius 1 is 0.773 bits per heavy atom. The monoisotopic (exact) mass is 613 g/mol. The van der Waals surface area contributed by atoms with Crippen LogP contribution in [-0.2, 0) is 0 Å². The lowest BCUT2D eigenvalue weighted by molar-refractivity contribution is 0.0598. The van der Waals surface area contributed by atoms with Crippen LogP contribution in [0, 0.1) is 0 Å². The predicted molar refractivity (Wildman–Crippen MR) is 175 cm³/mol. The van der Waals surface area contributed by atoms with Crippen LogP contribution in [0.2, 0.25) is 0 Å². The highest BCUT2D eigenvalue weighted by molar-refractivity contribution is 6.10. The van der Waals surface area contributed by atoms with E-state index in [1.807, 2.05) is 48.5 Å². The number of hydrogen-bond donors (Lipinski definition) is 1.